The monoisotopic (exact) mass is 404 g/mol. The average Bonchev–Trinajstić information content (AvgIpc) is 3.24. The van der Waals surface area contributed by atoms with E-state index >= 15 is 0 Å². The van der Waals surface area contributed by atoms with Crippen LogP contribution in [0.2, 0.25) is 0 Å². The minimum Gasteiger partial charge on any atom is -0.340 e. The van der Waals surface area contributed by atoms with Crippen molar-refractivity contribution in [3.63, 3.8) is 0 Å². The molecule has 0 aliphatic carbocycles. The highest BCUT2D eigenvalue weighted by molar-refractivity contribution is 7.15. The lowest BCUT2D eigenvalue weighted by Crippen LogP contribution is -2.51. The number of carbonyl (C=O) groups excluding carboxylic acids is 1. The van der Waals surface area contributed by atoms with E-state index in [0.717, 1.165) is 28.8 Å². The van der Waals surface area contributed by atoms with Crippen LogP contribution in [0.4, 0.5) is 13.9 Å². The van der Waals surface area contributed by atoms with Crippen LogP contribution in [-0.4, -0.2) is 47.5 Å². The average molecular weight is 404 g/mol. The summed E-state index contributed by atoms with van der Waals surface area (Å²) in [6.45, 7) is 3.09. The summed E-state index contributed by atoms with van der Waals surface area (Å²) >= 11 is 1.69. The van der Waals surface area contributed by atoms with Crippen LogP contribution in [0.5, 0.6) is 0 Å². The fourth-order valence-electron chi connectivity index (χ4n) is 4.55. The van der Waals surface area contributed by atoms with Crippen LogP contribution in [0.25, 0.3) is 0 Å². The van der Waals surface area contributed by atoms with Crippen molar-refractivity contribution in [3.8, 4) is 0 Å². The number of rotatable bonds is 3. The number of fused-ring (bicyclic) bond motifs is 3. The summed E-state index contributed by atoms with van der Waals surface area (Å²) in [4.78, 5) is 23.1. The van der Waals surface area contributed by atoms with E-state index < -0.39 is 6.43 Å². The number of nitrogens with zero attached hydrogens (tertiary/aromatic N) is 3. The predicted octanol–water partition coefficient (Wildman–Crippen LogP) is 3.22. The standard InChI is InChI=1S/C20H22F2N4OS/c21-18(22)12-2-1-3-13(8-12)19(27)25-7-6-16-17(11-25)28-20(24-16)26-14-4-5-15(26)10-23-9-14/h1-3,8,14-15,18,23H,4-7,9-11H2. The Bertz CT molecular complexity index is 886. The molecule has 148 valence electrons. The molecule has 0 saturated carbocycles. The number of halogens is 2. The summed E-state index contributed by atoms with van der Waals surface area (Å²) in [5, 5.41) is 4.57. The van der Waals surface area contributed by atoms with Crippen molar-refractivity contribution in [2.24, 2.45) is 0 Å². The Morgan fingerprint density at radius 3 is 2.79 bits per heavy atom. The van der Waals surface area contributed by atoms with E-state index in [1.54, 1.807) is 22.3 Å². The second-order valence-corrected chi connectivity index (χ2v) is 8.78. The molecule has 28 heavy (non-hydrogen) atoms. The summed E-state index contributed by atoms with van der Waals surface area (Å²) in [6.07, 6.45) is 0.548. The number of carbonyl (C=O) groups is 1. The summed E-state index contributed by atoms with van der Waals surface area (Å²) in [7, 11) is 0. The highest BCUT2D eigenvalue weighted by atomic mass is 32.1. The second-order valence-electron chi connectivity index (χ2n) is 7.72. The molecule has 1 aromatic carbocycles. The number of piperazine rings is 1. The molecule has 5 rings (SSSR count). The number of hydrogen-bond acceptors (Lipinski definition) is 5. The third-order valence-electron chi connectivity index (χ3n) is 5.99. The Kier molecular flexibility index (Phi) is 4.55. The second kappa shape index (κ2) is 7.08. The lowest BCUT2D eigenvalue weighted by Gasteiger charge is -2.35. The van der Waals surface area contributed by atoms with Crippen LogP contribution in [0.3, 0.4) is 0 Å². The Labute approximate surface area is 166 Å². The summed E-state index contributed by atoms with van der Waals surface area (Å²) in [6, 6.07) is 6.82. The molecule has 5 nitrogen and oxygen atoms in total. The number of nitrogens with one attached hydrogen (secondary N) is 1. The van der Waals surface area contributed by atoms with Gasteiger partial charge in [-0.15, -0.1) is 0 Å². The van der Waals surface area contributed by atoms with Crippen molar-refractivity contribution < 1.29 is 13.6 Å². The fraction of sp³-hybridized carbons (Fsp3) is 0.500. The topological polar surface area (TPSA) is 48.5 Å². The van der Waals surface area contributed by atoms with Crippen LogP contribution in [0, 0.1) is 0 Å². The van der Waals surface area contributed by atoms with Crippen molar-refractivity contribution in [2.75, 3.05) is 24.5 Å². The number of hydrogen-bond donors (Lipinski definition) is 1. The Morgan fingerprint density at radius 2 is 2.04 bits per heavy atom. The lowest BCUT2D eigenvalue weighted by molar-refractivity contribution is 0.0735. The van der Waals surface area contributed by atoms with Crippen molar-refractivity contribution in [3.05, 3.63) is 46.0 Å². The van der Waals surface area contributed by atoms with Crippen LogP contribution in [0.15, 0.2) is 24.3 Å². The van der Waals surface area contributed by atoms with Gasteiger partial charge in [-0.1, -0.05) is 23.5 Å². The maximum Gasteiger partial charge on any atom is 0.263 e. The maximum absolute atomic E-state index is 13.0. The highest BCUT2D eigenvalue weighted by Crippen LogP contribution is 2.38. The van der Waals surface area contributed by atoms with Gasteiger partial charge in [0.15, 0.2) is 5.13 Å². The van der Waals surface area contributed by atoms with Gasteiger partial charge >= 0.3 is 0 Å². The van der Waals surface area contributed by atoms with E-state index in [2.05, 4.69) is 10.2 Å². The molecule has 3 aliphatic rings. The first-order chi connectivity index (χ1) is 13.6. The van der Waals surface area contributed by atoms with Gasteiger partial charge in [-0.05, 0) is 25.0 Å². The highest BCUT2D eigenvalue weighted by Gasteiger charge is 2.39. The number of amides is 1. The number of anilines is 1. The third kappa shape index (κ3) is 3.08. The summed E-state index contributed by atoms with van der Waals surface area (Å²) in [5.74, 6) is -0.189. The molecule has 2 atom stereocenters. The quantitative estimate of drug-likeness (QED) is 0.854. The van der Waals surface area contributed by atoms with Crippen LogP contribution < -0.4 is 10.2 Å². The Hall–Kier alpha value is -2.06. The van der Waals surface area contributed by atoms with Crippen molar-refractivity contribution in [1.29, 1.82) is 0 Å². The molecule has 2 fully saturated rings. The molecular formula is C20H22F2N4OS. The van der Waals surface area contributed by atoms with Gasteiger partial charge in [0.1, 0.15) is 0 Å². The fourth-order valence-corrected chi connectivity index (χ4v) is 5.81. The zero-order valence-electron chi connectivity index (χ0n) is 15.4. The molecule has 1 amide bonds. The number of benzene rings is 1. The summed E-state index contributed by atoms with van der Waals surface area (Å²) < 4.78 is 25.9. The molecule has 1 aromatic heterocycles. The maximum atomic E-state index is 13.0. The van der Waals surface area contributed by atoms with E-state index in [9.17, 15) is 13.6 Å². The lowest BCUT2D eigenvalue weighted by atomic mass is 10.1. The van der Waals surface area contributed by atoms with Gasteiger partial charge < -0.3 is 15.1 Å². The SMILES string of the molecule is O=C(c1cccc(C(F)F)c1)N1CCc2nc(N3C4CCC3CNC4)sc2C1. The zero-order chi connectivity index (χ0) is 19.3. The van der Waals surface area contributed by atoms with Gasteiger partial charge in [0, 0.05) is 54.1 Å². The van der Waals surface area contributed by atoms with Crippen LogP contribution in [-0.2, 0) is 13.0 Å². The van der Waals surface area contributed by atoms with E-state index in [1.807, 2.05) is 0 Å². The molecule has 0 radical (unpaired) electrons. The largest absolute Gasteiger partial charge is 0.340 e. The number of thiazole rings is 1. The van der Waals surface area contributed by atoms with Crippen molar-refractivity contribution in [2.45, 2.75) is 44.3 Å². The van der Waals surface area contributed by atoms with E-state index in [-0.39, 0.29) is 11.5 Å². The normalized spacial score (nSPS) is 24.0. The Balaban J connectivity index is 1.35. The Morgan fingerprint density at radius 1 is 1.25 bits per heavy atom. The predicted molar refractivity (Wildman–Crippen MR) is 104 cm³/mol. The molecule has 2 bridgehead atoms. The molecular weight excluding hydrogens is 382 g/mol. The van der Waals surface area contributed by atoms with E-state index in [0.29, 0.717) is 37.2 Å². The van der Waals surface area contributed by atoms with Crippen molar-refractivity contribution >= 4 is 22.4 Å². The first-order valence-corrected chi connectivity index (χ1v) is 10.6. The van der Waals surface area contributed by atoms with Crippen molar-refractivity contribution in [1.82, 2.24) is 15.2 Å². The smallest absolute Gasteiger partial charge is 0.263 e. The third-order valence-corrected chi connectivity index (χ3v) is 7.09. The number of alkyl halides is 2. The zero-order valence-corrected chi connectivity index (χ0v) is 16.2. The van der Waals surface area contributed by atoms with Gasteiger partial charge in [0.2, 0.25) is 0 Å². The minimum absolute atomic E-state index is 0.113. The summed E-state index contributed by atoms with van der Waals surface area (Å²) in [5.41, 5.74) is 1.30. The van der Waals surface area contributed by atoms with Gasteiger partial charge in [0.25, 0.3) is 12.3 Å². The molecule has 8 heteroatoms. The van der Waals surface area contributed by atoms with E-state index in [4.69, 9.17) is 4.98 Å². The van der Waals surface area contributed by atoms with Gasteiger partial charge in [0.05, 0.1) is 12.2 Å². The molecule has 2 saturated heterocycles. The molecule has 2 aromatic rings. The molecule has 2 unspecified atom stereocenters. The van der Waals surface area contributed by atoms with Crippen LogP contribution in [0.1, 0.15) is 45.8 Å². The molecule has 4 heterocycles. The number of aromatic nitrogens is 1. The van der Waals surface area contributed by atoms with Gasteiger partial charge in [-0.3, -0.25) is 4.79 Å². The molecule has 3 aliphatic heterocycles. The van der Waals surface area contributed by atoms with Gasteiger partial charge in [-0.25, -0.2) is 13.8 Å². The van der Waals surface area contributed by atoms with Crippen LogP contribution >= 0.6 is 11.3 Å². The van der Waals surface area contributed by atoms with E-state index in [1.165, 1.54) is 31.0 Å². The van der Waals surface area contributed by atoms with Gasteiger partial charge in [-0.2, -0.15) is 0 Å². The molecule has 0 spiro atoms. The first-order valence-electron chi connectivity index (χ1n) is 9.75. The molecule has 1 N–H and O–H groups in total. The first kappa shape index (κ1) is 18.0. The minimum atomic E-state index is -2.57.